The van der Waals surface area contributed by atoms with Crippen molar-refractivity contribution in [3.8, 4) is 0 Å². The summed E-state index contributed by atoms with van der Waals surface area (Å²) >= 11 is 0. The molecule has 0 bridgehead atoms. The summed E-state index contributed by atoms with van der Waals surface area (Å²) < 4.78 is 24.6. The van der Waals surface area contributed by atoms with Crippen LogP contribution in [0.5, 0.6) is 0 Å². The first-order chi connectivity index (χ1) is 16.2. The maximum atomic E-state index is 10.8. The van der Waals surface area contributed by atoms with Gasteiger partial charge in [0.05, 0.1) is 19.8 Å². The van der Waals surface area contributed by atoms with Gasteiger partial charge in [-0.25, -0.2) is 0 Å². The van der Waals surface area contributed by atoms with Crippen LogP contribution < -0.4 is 0 Å². The molecule has 0 saturated carbocycles. The minimum absolute atomic E-state index is 0.321. The van der Waals surface area contributed by atoms with E-state index in [-0.39, 0.29) is 0 Å². The Morgan fingerprint density at radius 2 is 1.03 bits per heavy atom. The van der Waals surface area contributed by atoms with Crippen molar-refractivity contribution in [2.24, 2.45) is 0 Å². The summed E-state index contributed by atoms with van der Waals surface area (Å²) in [6.45, 7) is 4.94. The smallest absolute Gasteiger partial charge is 0.184 e. The van der Waals surface area contributed by atoms with Crippen LogP contribution in [-0.4, -0.2) is 35.8 Å². The third-order valence-corrected chi connectivity index (χ3v) is 5.64. The van der Waals surface area contributed by atoms with Gasteiger partial charge in [-0.15, -0.1) is 6.58 Å². The SMILES string of the molecule is C=C[C@@H]1OC(O)[C@H](OCc2ccccc2)[C@H](OCc2ccccc2)[C@@H]1OCc1ccccc1. The first-order valence-corrected chi connectivity index (χ1v) is 11.2. The maximum Gasteiger partial charge on any atom is 0.184 e. The fourth-order valence-corrected chi connectivity index (χ4v) is 3.90. The highest BCUT2D eigenvalue weighted by molar-refractivity contribution is 5.16. The van der Waals surface area contributed by atoms with Crippen LogP contribution in [0.1, 0.15) is 16.7 Å². The fourth-order valence-electron chi connectivity index (χ4n) is 3.90. The normalized spacial score (nSPS) is 24.9. The first kappa shape index (κ1) is 23.4. The van der Waals surface area contributed by atoms with E-state index in [0.29, 0.717) is 19.8 Å². The quantitative estimate of drug-likeness (QED) is 0.460. The van der Waals surface area contributed by atoms with Gasteiger partial charge in [0.15, 0.2) is 6.29 Å². The summed E-state index contributed by atoms with van der Waals surface area (Å²) in [5.41, 5.74) is 3.06. The van der Waals surface area contributed by atoms with Crippen LogP contribution in [0.3, 0.4) is 0 Å². The second kappa shape index (κ2) is 11.9. The van der Waals surface area contributed by atoms with Gasteiger partial charge in [-0.05, 0) is 16.7 Å². The Kier molecular flexibility index (Phi) is 8.41. The molecule has 5 heteroatoms. The zero-order valence-electron chi connectivity index (χ0n) is 18.5. The fraction of sp³-hybridized carbons (Fsp3) is 0.286. The van der Waals surface area contributed by atoms with Crippen molar-refractivity contribution in [1.82, 2.24) is 0 Å². The molecule has 1 heterocycles. The van der Waals surface area contributed by atoms with Crippen molar-refractivity contribution in [3.05, 3.63) is 120 Å². The summed E-state index contributed by atoms with van der Waals surface area (Å²) in [6, 6.07) is 29.6. The monoisotopic (exact) mass is 446 g/mol. The van der Waals surface area contributed by atoms with Crippen molar-refractivity contribution in [3.63, 3.8) is 0 Å². The lowest BCUT2D eigenvalue weighted by Gasteiger charge is -2.43. The summed E-state index contributed by atoms with van der Waals surface area (Å²) in [6.07, 6.45) is -1.87. The van der Waals surface area contributed by atoms with Crippen LogP contribution in [0.25, 0.3) is 0 Å². The molecular formula is C28H30O5. The standard InChI is InChI=1S/C28H30O5/c1-2-24-25(30-18-21-12-6-3-7-13-21)26(31-19-22-14-8-4-9-15-22)27(28(29)33-24)32-20-23-16-10-5-11-17-23/h2-17,24-29H,1,18-20H2/t24-,25+,26+,27+,28?/m0/s1. The van der Waals surface area contributed by atoms with E-state index >= 15 is 0 Å². The molecule has 172 valence electrons. The molecule has 1 aliphatic heterocycles. The third kappa shape index (κ3) is 6.38. The van der Waals surface area contributed by atoms with E-state index in [2.05, 4.69) is 6.58 Å². The van der Waals surface area contributed by atoms with Gasteiger partial charge in [0.2, 0.25) is 0 Å². The predicted octanol–water partition coefficient (Wildman–Crippen LogP) is 4.65. The highest BCUT2D eigenvalue weighted by Crippen LogP contribution is 2.30. The lowest BCUT2D eigenvalue weighted by Crippen LogP contribution is -2.59. The number of benzene rings is 3. The molecule has 0 amide bonds. The van der Waals surface area contributed by atoms with Gasteiger partial charge >= 0.3 is 0 Å². The van der Waals surface area contributed by atoms with Crippen molar-refractivity contribution in [1.29, 1.82) is 0 Å². The molecule has 1 aliphatic rings. The molecular weight excluding hydrogens is 416 g/mol. The molecule has 1 saturated heterocycles. The molecule has 33 heavy (non-hydrogen) atoms. The Balaban J connectivity index is 1.54. The molecule has 4 rings (SSSR count). The zero-order chi connectivity index (χ0) is 22.9. The topological polar surface area (TPSA) is 57.2 Å². The largest absolute Gasteiger partial charge is 0.368 e. The number of hydrogen-bond acceptors (Lipinski definition) is 5. The Bertz CT molecular complexity index is 963. The molecule has 3 aromatic rings. The molecule has 0 aliphatic carbocycles. The maximum absolute atomic E-state index is 10.8. The number of rotatable bonds is 10. The molecule has 5 nitrogen and oxygen atoms in total. The zero-order valence-corrected chi connectivity index (χ0v) is 18.5. The molecule has 1 N–H and O–H groups in total. The lowest BCUT2D eigenvalue weighted by molar-refractivity contribution is -0.302. The van der Waals surface area contributed by atoms with Crippen LogP contribution >= 0.6 is 0 Å². The Hall–Kier alpha value is -2.80. The van der Waals surface area contributed by atoms with Crippen LogP contribution in [0.4, 0.5) is 0 Å². The van der Waals surface area contributed by atoms with Crippen LogP contribution in [0, 0.1) is 0 Å². The van der Waals surface area contributed by atoms with E-state index < -0.39 is 30.7 Å². The number of aliphatic hydroxyl groups is 1. The average molecular weight is 447 g/mol. The van der Waals surface area contributed by atoms with Gasteiger partial charge in [-0.2, -0.15) is 0 Å². The van der Waals surface area contributed by atoms with Gasteiger partial charge in [-0.3, -0.25) is 0 Å². The van der Waals surface area contributed by atoms with Crippen LogP contribution in [0.15, 0.2) is 104 Å². The van der Waals surface area contributed by atoms with E-state index in [1.165, 1.54) is 0 Å². The van der Waals surface area contributed by atoms with Crippen molar-refractivity contribution >= 4 is 0 Å². The van der Waals surface area contributed by atoms with E-state index in [0.717, 1.165) is 16.7 Å². The summed E-state index contributed by atoms with van der Waals surface area (Å²) in [5.74, 6) is 0. The van der Waals surface area contributed by atoms with E-state index in [1.54, 1.807) is 6.08 Å². The number of hydrogen-bond donors (Lipinski definition) is 1. The predicted molar refractivity (Wildman–Crippen MR) is 126 cm³/mol. The van der Waals surface area contributed by atoms with Crippen LogP contribution in [0.2, 0.25) is 0 Å². The van der Waals surface area contributed by atoms with E-state index in [1.807, 2.05) is 91.0 Å². The van der Waals surface area contributed by atoms with Gasteiger partial charge in [0.25, 0.3) is 0 Å². The van der Waals surface area contributed by atoms with Crippen molar-refractivity contribution in [2.45, 2.75) is 50.5 Å². The first-order valence-electron chi connectivity index (χ1n) is 11.2. The van der Waals surface area contributed by atoms with Crippen molar-refractivity contribution < 1.29 is 24.1 Å². The highest BCUT2D eigenvalue weighted by Gasteiger charge is 2.46. The van der Waals surface area contributed by atoms with Crippen molar-refractivity contribution in [2.75, 3.05) is 0 Å². The minimum atomic E-state index is -1.17. The molecule has 1 fully saturated rings. The average Bonchev–Trinajstić information content (AvgIpc) is 2.87. The highest BCUT2D eigenvalue weighted by atomic mass is 16.7. The van der Waals surface area contributed by atoms with Gasteiger partial charge < -0.3 is 24.1 Å². The summed E-state index contributed by atoms with van der Waals surface area (Å²) in [4.78, 5) is 0. The minimum Gasteiger partial charge on any atom is -0.368 e. The van der Waals surface area contributed by atoms with Gasteiger partial charge in [0.1, 0.15) is 24.4 Å². The third-order valence-electron chi connectivity index (χ3n) is 5.64. The summed E-state index contributed by atoms with van der Waals surface area (Å²) in [7, 11) is 0. The van der Waals surface area contributed by atoms with E-state index in [9.17, 15) is 5.11 Å². The molecule has 1 unspecified atom stereocenters. The van der Waals surface area contributed by atoms with E-state index in [4.69, 9.17) is 18.9 Å². The summed E-state index contributed by atoms with van der Waals surface area (Å²) in [5, 5.41) is 10.8. The second-order valence-corrected chi connectivity index (χ2v) is 8.01. The molecule has 5 atom stereocenters. The molecule has 0 radical (unpaired) electrons. The van der Waals surface area contributed by atoms with Gasteiger partial charge in [-0.1, -0.05) is 97.1 Å². The number of ether oxygens (including phenoxy) is 4. The van der Waals surface area contributed by atoms with Gasteiger partial charge in [0, 0.05) is 0 Å². The number of aliphatic hydroxyl groups excluding tert-OH is 1. The molecule has 0 aromatic heterocycles. The van der Waals surface area contributed by atoms with Crippen LogP contribution in [-0.2, 0) is 38.8 Å². The Morgan fingerprint density at radius 1 is 0.636 bits per heavy atom. The Morgan fingerprint density at radius 3 is 1.45 bits per heavy atom. The molecule has 0 spiro atoms. The molecule has 3 aromatic carbocycles. The second-order valence-electron chi connectivity index (χ2n) is 8.01. The Labute approximate surface area is 195 Å². The lowest BCUT2D eigenvalue weighted by atomic mass is 9.97.